The fourth-order valence-electron chi connectivity index (χ4n) is 1.65. The molecule has 5 heteroatoms. The molecule has 17 heavy (non-hydrogen) atoms. The van der Waals surface area contributed by atoms with Gasteiger partial charge in [-0.1, -0.05) is 6.92 Å². The highest BCUT2D eigenvalue weighted by Crippen LogP contribution is 2.24. The molecular weight excluding hydrogens is 300 g/mol. The molecule has 0 radical (unpaired) electrons. The Bertz CT molecular complexity index is 544. The van der Waals surface area contributed by atoms with Gasteiger partial charge in [-0.25, -0.2) is 0 Å². The molecule has 2 heterocycles. The van der Waals surface area contributed by atoms with Gasteiger partial charge in [-0.05, 0) is 39.9 Å². The van der Waals surface area contributed by atoms with E-state index >= 15 is 0 Å². The topological polar surface area (TPSA) is 34.9 Å². The maximum Gasteiger partial charge on any atom is 0.179 e. The fourth-order valence-corrected chi connectivity index (χ4v) is 3.18. The predicted octanol–water partition coefficient (Wildman–Crippen LogP) is 3.23. The van der Waals surface area contributed by atoms with Crippen LogP contribution < -0.4 is 0 Å². The van der Waals surface area contributed by atoms with Crippen LogP contribution in [0.5, 0.6) is 0 Å². The quantitative estimate of drug-likeness (QED) is 0.812. The summed E-state index contributed by atoms with van der Waals surface area (Å²) in [5.74, 6) is 0.137. The Morgan fingerprint density at radius 1 is 1.59 bits per heavy atom. The number of carbonyl (C=O) groups excluding carboxylic acids is 1. The minimum Gasteiger partial charge on any atom is -0.293 e. The Kier molecular flexibility index (Phi) is 3.79. The molecule has 0 saturated heterocycles. The summed E-state index contributed by atoms with van der Waals surface area (Å²) in [5.41, 5.74) is 1.99. The molecule has 0 aliphatic carbocycles. The van der Waals surface area contributed by atoms with Gasteiger partial charge in [0.05, 0.1) is 17.0 Å². The number of aromatic nitrogens is 2. The zero-order chi connectivity index (χ0) is 12.4. The molecule has 90 valence electrons. The number of nitrogens with zero attached hydrogens (tertiary/aromatic N) is 2. The normalized spacial score (nSPS) is 10.8. The van der Waals surface area contributed by atoms with Gasteiger partial charge < -0.3 is 0 Å². The van der Waals surface area contributed by atoms with Crippen molar-refractivity contribution in [2.45, 2.75) is 19.8 Å². The molecule has 0 spiro atoms. The predicted molar refractivity (Wildman–Crippen MR) is 72.6 cm³/mol. The lowest BCUT2D eigenvalue weighted by atomic mass is 10.2. The molecule has 2 aromatic heterocycles. The average molecular weight is 313 g/mol. The summed E-state index contributed by atoms with van der Waals surface area (Å²) in [6.07, 6.45) is 1.30. The van der Waals surface area contributed by atoms with E-state index in [1.54, 1.807) is 4.68 Å². The Morgan fingerprint density at radius 3 is 2.88 bits per heavy atom. The lowest BCUT2D eigenvalue weighted by molar-refractivity contribution is 0.0994. The third-order valence-electron chi connectivity index (χ3n) is 2.60. The largest absolute Gasteiger partial charge is 0.293 e. The van der Waals surface area contributed by atoms with Crippen LogP contribution in [-0.4, -0.2) is 15.6 Å². The molecule has 0 aliphatic heterocycles. The summed E-state index contributed by atoms with van der Waals surface area (Å²) in [7, 11) is 1.88. The van der Waals surface area contributed by atoms with Gasteiger partial charge in [0.2, 0.25) is 0 Å². The zero-order valence-electron chi connectivity index (χ0n) is 9.74. The second-order valence-corrected chi connectivity index (χ2v) is 5.57. The number of halogens is 1. The van der Waals surface area contributed by atoms with Crippen LogP contribution in [0.15, 0.2) is 22.0 Å². The van der Waals surface area contributed by atoms with E-state index in [1.807, 2.05) is 24.6 Å². The van der Waals surface area contributed by atoms with Crippen molar-refractivity contribution in [2.24, 2.45) is 7.05 Å². The van der Waals surface area contributed by atoms with Gasteiger partial charge in [-0.15, -0.1) is 11.3 Å². The minimum absolute atomic E-state index is 0.137. The maximum absolute atomic E-state index is 12.1. The van der Waals surface area contributed by atoms with Crippen LogP contribution in [0.1, 0.15) is 28.0 Å². The Hall–Kier alpha value is -0.940. The van der Waals surface area contributed by atoms with Crippen molar-refractivity contribution >= 4 is 33.0 Å². The highest BCUT2D eigenvalue weighted by molar-refractivity contribution is 9.10. The van der Waals surface area contributed by atoms with Crippen molar-refractivity contribution in [1.29, 1.82) is 0 Å². The first-order chi connectivity index (χ1) is 8.11. The molecular formula is C12H13BrN2OS. The molecule has 0 bridgehead atoms. The van der Waals surface area contributed by atoms with Crippen LogP contribution >= 0.6 is 27.3 Å². The molecule has 0 unspecified atom stereocenters. The highest BCUT2D eigenvalue weighted by Gasteiger charge is 2.14. The van der Waals surface area contributed by atoms with Gasteiger partial charge in [0, 0.05) is 17.2 Å². The van der Waals surface area contributed by atoms with Crippen molar-refractivity contribution in [3.05, 3.63) is 38.3 Å². The van der Waals surface area contributed by atoms with Crippen molar-refractivity contribution in [1.82, 2.24) is 9.78 Å². The Morgan fingerprint density at radius 2 is 2.35 bits per heavy atom. The highest BCUT2D eigenvalue weighted by atomic mass is 79.9. The first-order valence-electron chi connectivity index (χ1n) is 5.39. The van der Waals surface area contributed by atoms with Crippen LogP contribution in [-0.2, 0) is 19.9 Å². The Balaban J connectivity index is 2.18. The summed E-state index contributed by atoms with van der Waals surface area (Å²) in [6.45, 7) is 2.06. The number of Topliss-reactive ketones (excluding diaryl/α,β-unsaturated/α-hetero) is 1. The monoisotopic (exact) mass is 312 g/mol. The number of rotatable bonds is 4. The van der Waals surface area contributed by atoms with E-state index in [1.165, 1.54) is 11.3 Å². The van der Waals surface area contributed by atoms with Crippen LogP contribution in [0, 0.1) is 0 Å². The zero-order valence-corrected chi connectivity index (χ0v) is 12.1. The van der Waals surface area contributed by atoms with Gasteiger partial charge in [0.25, 0.3) is 0 Å². The molecule has 0 fully saturated rings. The van der Waals surface area contributed by atoms with Crippen LogP contribution in [0.3, 0.4) is 0 Å². The smallest absolute Gasteiger partial charge is 0.179 e. The minimum atomic E-state index is 0.137. The van der Waals surface area contributed by atoms with Crippen molar-refractivity contribution in [2.75, 3.05) is 0 Å². The summed E-state index contributed by atoms with van der Waals surface area (Å²) in [5, 5.41) is 6.26. The molecule has 3 nitrogen and oxygen atoms in total. The third kappa shape index (κ3) is 2.66. The van der Waals surface area contributed by atoms with Gasteiger partial charge in [0.1, 0.15) is 0 Å². The molecule has 2 aromatic rings. The molecule has 0 amide bonds. The first-order valence-corrected chi connectivity index (χ1v) is 7.07. The summed E-state index contributed by atoms with van der Waals surface area (Å²) < 4.78 is 2.67. The number of thiophene rings is 1. The van der Waals surface area contributed by atoms with Crippen LogP contribution in [0.2, 0.25) is 0 Å². The molecule has 0 aliphatic rings. The third-order valence-corrected chi connectivity index (χ3v) is 4.48. The number of ketones is 1. The van der Waals surface area contributed by atoms with Gasteiger partial charge >= 0.3 is 0 Å². The number of hydrogen-bond donors (Lipinski definition) is 0. The van der Waals surface area contributed by atoms with E-state index in [0.29, 0.717) is 6.42 Å². The molecule has 0 aromatic carbocycles. The maximum atomic E-state index is 12.1. The molecule has 0 atom stereocenters. The summed E-state index contributed by atoms with van der Waals surface area (Å²) in [6, 6.07) is 3.90. The summed E-state index contributed by atoms with van der Waals surface area (Å²) >= 11 is 4.85. The lowest BCUT2D eigenvalue weighted by Gasteiger charge is -2.00. The fraction of sp³-hybridized carbons (Fsp3) is 0.333. The molecule has 0 N–H and O–H groups in total. The van der Waals surface area contributed by atoms with Gasteiger partial charge in [-0.2, -0.15) is 5.10 Å². The van der Waals surface area contributed by atoms with Gasteiger partial charge in [-0.3, -0.25) is 9.48 Å². The number of carbonyl (C=O) groups is 1. The number of aryl methyl sites for hydroxylation is 2. The summed E-state index contributed by atoms with van der Waals surface area (Å²) in [4.78, 5) is 12.9. The van der Waals surface area contributed by atoms with Crippen LogP contribution in [0.25, 0.3) is 0 Å². The van der Waals surface area contributed by atoms with E-state index in [0.717, 1.165) is 27.2 Å². The molecule has 2 rings (SSSR count). The van der Waals surface area contributed by atoms with Crippen LogP contribution in [0.4, 0.5) is 0 Å². The standard InChI is InChI=1S/C12H13BrN2OS/c1-3-8-6-9(15(2)14-8)7-11(16)12-10(13)4-5-17-12/h4-6H,3,7H2,1-2H3. The Labute approximate surface area is 113 Å². The van der Waals surface area contributed by atoms with Crippen molar-refractivity contribution in [3.63, 3.8) is 0 Å². The second kappa shape index (κ2) is 5.14. The lowest BCUT2D eigenvalue weighted by Crippen LogP contribution is -2.06. The first kappa shape index (κ1) is 12.5. The van der Waals surface area contributed by atoms with E-state index < -0.39 is 0 Å². The van der Waals surface area contributed by atoms with Crippen molar-refractivity contribution < 1.29 is 4.79 Å². The number of hydrogen-bond acceptors (Lipinski definition) is 3. The molecule has 0 saturated carbocycles. The van der Waals surface area contributed by atoms with E-state index in [-0.39, 0.29) is 5.78 Å². The average Bonchev–Trinajstić information content (AvgIpc) is 2.86. The van der Waals surface area contributed by atoms with E-state index in [4.69, 9.17) is 0 Å². The second-order valence-electron chi connectivity index (χ2n) is 3.80. The SMILES string of the molecule is CCc1cc(CC(=O)c2sccc2Br)n(C)n1. The van der Waals surface area contributed by atoms with E-state index in [9.17, 15) is 4.79 Å². The van der Waals surface area contributed by atoms with Crippen molar-refractivity contribution in [3.8, 4) is 0 Å². The van der Waals surface area contributed by atoms with E-state index in [2.05, 4.69) is 28.0 Å². The van der Waals surface area contributed by atoms with Gasteiger partial charge in [0.15, 0.2) is 5.78 Å².